The second-order valence-electron chi connectivity index (χ2n) is 5.76. The molecule has 0 amide bonds. The molecule has 1 heterocycles. The number of hydrogen-bond acceptors (Lipinski definition) is 3. The zero-order valence-electron chi connectivity index (χ0n) is 12.1. The molecule has 0 aliphatic carbocycles. The standard InChI is InChI=1S/C16H23NO2/c1-13-5-7-14(8-6-13)15(18)11-17-10-4-9-16(2,12-17)19-3/h5-8H,4,9-12H2,1-3H3. The maximum atomic E-state index is 12.2. The van der Waals surface area contributed by atoms with Crippen LogP contribution in [0.2, 0.25) is 0 Å². The Bertz CT molecular complexity index is 441. The number of ether oxygens (including phenoxy) is 1. The van der Waals surface area contributed by atoms with Gasteiger partial charge in [-0.1, -0.05) is 29.8 Å². The van der Waals surface area contributed by atoms with Gasteiger partial charge in [0.2, 0.25) is 0 Å². The number of piperidine rings is 1. The van der Waals surface area contributed by atoms with Gasteiger partial charge in [0, 0.05) is 19.2 Å². The molecular weight excluding hydrogens is 238 g/mol. The van der Waals surface area contributed by atoms with Gasteiger partial charge in [0.05, 0.1) is 12.1 Å². The smallest absolute Gasteiger partial charge is 0.176 e. The third kappa shape index (κ3) is 3.64. The van der Waals surface area contributed by atoms with Crippen LogP contribution in [0, 0.1) is 6.92 Å². The Labute approximate surface area is 115 Å². The normalized spacial score (nSPS) is 24.4. The molecule has 1 atom stereocenters. The number of nitrogens with zero attached hydrogens (tertiary/aromatic N) is 1. The minimum absolute atomic E-state index is 0.105. The van der Waals surface area contributed by atoms with Crippen molar-refractivity contribution in [1.29, 1.82) is 0 Å². The molecule has 1 saturated heterocycles. The summed E-state index contributed by atoms with van der Waals surface area (Å²) in [6.07, 6.45) is 2.16. The first-order chi connectivity index (χ1) is 9.02. The van der Waals surface area contributed by atoms with Crippen LogP contribution in [0.1, 0.15) is 35.7 Å². The predicted octanol–water partition coefficient (Wildman–Crippen LogP) is 2.68. The van der Waals surface area contributed by atoms with E-state index in [1.807, 2.05) is 31.2 Å². The lowest BCUT2D eigenvalue weighted by molar-refractivity contribution is -0.0485. The summed E-state index contributed by atoms with van der Waals surface area (Å²) >= 11 is 0. The van der Waals surface area contributed by atoms with Gasteiger partial charge in [0.1, 0.15) is 0 Å². The molecule has 3 heteroatoms. The Hall–Kier alpha value is -1.19. The molecule has 1 aliphatic rings. The third-order valence-corrected chi connectivity index (χ3v) is 3.97. The second-order valence-corrected chi connectivity index (χ2v) is 5.76. The topological polar surface area (TPSA) is 29.5 Å². The highest BCUT2D eigenvalue weighted by Crippen LogP contribution is 2.23. The fourth-order valence-corrected chi connectivity index (χ4v) is 2.64. The van der Waals surface area contributed by atoms with Crippen molar-refractivity contribution in [2.75, 3.05) is 26.7 Å². The molecule has 3 nitrogen and oxygen atoms in total. The first-order valence-corrected chi connectivity index (χ1v) is 6.90. The highest BCUT2D eigenvalue weighted by molar-refractivity contribution is 5.97. The van der Waals surface area contributed by atoms with Gasteiger partial charge in [-0.05, 0) is 33.2 Å². The molecule has 0 aromatic heterocycles. The van der Waals surface area contributed by atoms with Crippen molar-refractivity contribution in [3.63, 3.8) is 0 Å². The van der Waals surface area contributed by atoms with Crippen molar-refractivity contribution in [1.82, 2.24) is 4.90 Å². The Morgan fingerprint density at radius 3 is 2.68 bits per heavy atom. The number of carbonyl (C=O) groups is 1. The first-order valence-electron chi connectivity index (χ1n) is 6.90. The largest absolute Gasteiger partial charge is 0.377 e. The average Bonchev–Trinajstić information content (AvgIpc) is 2.39. The minimum atomic E-state index is -0.105. The SMILES string of the molecule is COC1(C)CCCN(CC(=O)c2ccc(C)cc2)C1. The van der Waals surface area contributed by atoms with Gasteiger partial charge in [0.25, 0.3) is 0 Å². The van der Waals surface area contributed by atoms with Gasteiger partial charge in [-0.3, -0.25) is 9.69 Å². The summed E-state index contributed by atoms with van der Waals surface area (Å²) in [5.74, 6) is 0.195. The number of rotatable bonds is 4. The van der Waals surface area contributed by atoms with Gasteiger partial charge in [-0.15, -0.1) is 0 Å². The van der Waals surface area contributed by atoms with Gasteiger partial charge >= 0.3 is 0 Å². The quantitative estimate of drug-likeness (QED) is 0.780. The molecule has 0 spiro atoms. The fraction of sp³-hybridized carbons (Fsp3) is 0.562. The summed E-state index contributed by atoms with van der Waals surface area (Å²) in [6, 6.07) is 7.81. The van der Waals surface area contributed by atoms with Crippen LogP contribution in [0.25, 0.3) is 0 Å². The average molecular weight is 261 g/mol. The lowest BCUT2D eigenvalue weighted by Crippen LogP contribution is -2.48. The van der Waals surface area contributed by atoms with Crippen molar-refractivity contribution >= 4 is 5.78 Å². The van der Waals surface area contributed by atoms with E-state index in [0.29, 0.717) is 6.54 Å². The number of methoxy groups -OCH3 is 1. The fourth-order valence-electron chi connectivity index (χ4n) is 2.64. The monoisotopic (exact) mass is 261 g/mol. The van der Waals surface area contributed by atoms with E-state index in [1.165, 1.54) is 5.56 Å². The number of carbonyl (C=O) groups excluding carboxylic acids is 1. The highest BCUT2D eigenvalue weighted by atomic mass is 16.5. The van der Waals surface area contributed by atoms with E-state index in [9.17, 15) is 4.79 Å². The molecule has 0 radical (unpaired) electrons. The van der Waals surface area contributed by atoms with E-state index in [1.54, 1.807) is 7.11 Å². The summed E-state index contributed by atoms with van der Waals surface area (Å²) in [6.45, 7) is 6.46. The van der Waals surface area contributed by atoms with E-state index >= 15 is 0 Å². The maximum absolute atomic E-state index is 12.2. The van der Waals surface area contributed by atoms with Crippen LogP contribution in [0.15, 0.2) is 24.3 Å². The van der Waals surface area contributed by atoms with Gasteiger partial charge < -0.3 is 4.74 Å². The minimum Gasteiger partial charge on any atom is -0.377 e. The Balaban J connectivity index is 1.97. The second kappa shape index (κ2) is 5.85. The Morgan fingerprint density at radius 2 is 2.05 bits per heavy atom. The maximum Gasteiger partial charge on any atom is 0.176 e. The van der Waals surface area contributed by atoms with E-state index in [-0.39, 0.29) is 11.4 Å². The number of aryl methyl sites for hydroxylation is 1. The van der Waals surface area contributed by atoms with Crippen LogP contribution in [0.4, 0.5) is 0 Å². The van der Waals surface area contributed by atoms with Gasteiger partial charge in [0.15, 0.2) is 5.78 Å². The summed E-state index contributed by atoms with van der Waals surface area (Å²) in [4.78, 5) is 14.4. The van der Waals surface area contributed by atoms with Crippen molar-refractivity contribution < 1.29 is 9.53 Å². The number of ketones is 1. The lowest BCUT2D eigenvalue weighted by atomic mass is 9.94. The van der Waals surface area contributed by atoms with Crippen molar-refractivity contribution in [3.8, 4) is 0 Å². The zero-order chi connectivity index (χ0) is 13.9. The lowest BCUT2D eigenvalue weighted by Gasteiger charge is -2.39. The molecule has 104 valence electrons. The van der Waals surface area contributed by atoms with Gasteiger partial charge in [-0.25, -0.2) is 0 Å². The summed E-state index contributed by atoms with van der Waals surface area (Å²) < 4.78 is 5.56. The third-order valence-electron chi connectivity index (χ3n) is 3.97. The van der Waals surface area contributed by atoms with Crippen LogP contribution in [0.3, 0.4) is 0 Å². The number of Topliss-reactive ketones (excluding diaryl/α,β-unsaturated/α-hetero) is 1. The van der Waals surface area contributed by atoms with Crippen LogP contribution < -0.4 is 0 Å². The Morgan fingerprint density at radius 1 is 1.37 bits per heavy atom. The summed E-state index contributed by atoms with van der Waals surface area (Å²) in [5.41, 5.74) is 1.88. The van der Waals surface area contributed by atoms with Crippen molar-refractivity contribution in [2.45, 2.75) is 32.3 Å². The molecule has 2 rings (SSSR count). The first kappa shape index (κ1) is 14.2. The Kier molecular flexibility index (Phi) is 4.38. The van der Waals surface area contributed by atoms with Crippen molar-refractivity contribution in [3.05, 3.63) is 35.4 Å². The number of benzene rings is 1. The molecule has 1 unspecified atom stereocenters. The molecule has 0 N–H and O–H groups in total. The highest BCUT2D eigenvalue weighted by Gasteiger charge is 2.31. The van der Waals surface area contributed by atoms with Crippen LogP contribution >= 0.6 is 0 Å². The summed E-state index contributed by atoms with van der Waals surface area (Å²) in [5, 5.41) is 0. The molecule has 0 saturated carbocycles. The number of likely N-dealkylation sites (tertiary alicyclic amines) is 1. The van der Waals surface area contributed by atoms with Crippen LogP contribution in [-0.4, -0.2) is 43.0 Å². The van der Waals surface area contributed by atoms with Crippen LogP contribution in [0.5, 0.6) is 0 Å². The molecule has 1 fully saturated rings. The predicted molar refractivity (Wildman–Crippen MR) is 76.6 cm³/mol. The van der Waals surface area contributed by atoms with E-state index in [2.05, 4.69) is 11.8 Å². The molecule has 0 bridgehead atoms. The van der Waals surface area contributed by atoms with E-state index in [4.69, 9.17) is 4.74 Å². The molecule has 19 heavy (non-hydrogen) atoms. The molecule has 1 aliphatic heterocycles. The van der Waals surface area contributed by atoms with Crippen molar-refractivity contribution in [2.24, 2.45) is 0 Å². The number of hydrogen-bond donors (Lipinski definition) is 0. The summed E-state index contributed by atoms with van der Waals surface area (Å²) in [7, 11) is 1.76. The van der Waals surface area contributed by atoms with Gasteiger partial charge in [-0.2, -0.15) is 0 Å². The van der Waals surface area contributed by atoms with Crippen LogP contribution in [-0.2, 0) is 4.74 Å². The van der Waals surface area contributed by atoms with E-state index < -0.39 is 0 Å². The van der Waals surface area contributed by atoms with E-state index in [0.717, 1.165) is 31.5 Å². The molecule has 1 aromatic carbocycles. The molecular formula is C16H23NO2. The molecule has 1 aromatic rings. The zero-order valence-corrected chi connectivity index (χ0v) is 12.1.